The standard InChI is InChI=1S/C13H11ClF2N2O2/c14-8-5-10(12(17)18-6-8)11(19)7-1-3-9(4-2-7)20-13(15)16/h1-6,11,13,19H,(H2,17,18). The number of pyridine rings is 1. The van der Waals surface area contributed by atoms with E-state index >= 15 is 0 Å². The molecule has 0 fully saturated rings. The largest absolute Gasteiger partial charge is 0.435 e. The van der Waals surface area contributed by atoms with Crippen molar-refractivity contribution < 1.29 is 18.6 Å². The van der Waals surface area contributed by atoms with E-state index in [0.29, 0.717) is 16.1 Å². The van der Waals surface area contributed by atoms with Crippen molar-refractivity contribution in [3.8, 4) is 5.75 Å². The number of anilines is 1. The Morgan fingerprint density at radius 1 is 1.25 bits per heavy atom. The van der Waals surface area contributed by atoms with E-state index in [-0.39, 0.29) is 11.6 Å². The molecule has 0 spiro atoms. The molecule has 1 atom stereocenters. The monoisotopic (exact) mass is 300 g/mol. The highest BCUT2D eigenvalue weighted by molar-refractivity contribution is 6.30. The van der Waals surface area contributed by atoms with E-state index in [1.165, 1.54) is 36.5 Å². The Morgan fingerprint density at radius 3 is 2.50 bits per heavy atom. The average Bonchev–Trinajstić information content (AvgIpc) is 2.41. The van der Waals surface area contributed by atoms with Crippen molar-refractivity contribution >= 4 is 17.4 Å². The van der Waals surface area contributed by atoms with Crippen LogP contribution in [0, 0.1) is 0 Å². The molecule has 4 nitrogen and oxygen atoms in total. The second kappa shape index (κ2) is 6.02. The first-order chi connectivity index (χ1) is 9.47. The number of benzene rings is 1. The molecule has 106 valence electrons. The quantitative estimate of drug-likeness (QED) is 0.911. The molecule has 0 radical (unpaired) electrons. The summed E-state index contributed by atoms with van der Waals surface area (Å²) in [6.45, 7) is -2.89. The Hall–Kier alpha value is -1.92. The SMILES string of the molecule is Nc1ncc(Cl)cc1C(O)c1ccc(OC(F)F)cc1. The number of ether oxygens (including phenoxy) is 1. The number of aromatic nitrogens is 1. The average molecular weight is 301 g/mol. The summed E-state index contributed by atoms with van der Waals surface area (Å²) >= 11 is 5.80. The molecule has 2 aromatic rings. The van der Waals surface area contributed by atoms with Gasteiger partial charge in [0.15, 0.2) is 0 Å². The van der Waals surface area contributed by atoms with Crippen LogP contribution in [0.1, 0.15) is 17.2 Å². The summed E-state index contributed by atoms with van der Waals surface area (Å²) in [4.78, 5) is 3.84. The third-order valence-electron chi connectivity index (χ3n) is 2.63. The Morgan fingerprint density at radius 2 is 1.90 bits per heavy atom. The Bertz CT molecular complexity index is 593. The zero-order valence-electron chi connectivity index (χ0n) is 10.1. The molecule has 0 amide bonds. The Balaban J connectivity index is 2.24. The van der Waals surface area contributed by atoms with Gasteiger partial charge in [-0.05, 0) is 23.8 Å². The van der Waals surface area contributed by atoms with Crippen molar-refractivity contribution in [2.45, 2.75) is 12.7 Å². The second-order valence-corrected chi connectivity index (χ2v) is 4.41. The number of nitrogens with zero attached hydrogens (tertiary/aromatic N) is 1. The van der Waals surface area contributed by atoms with Crippen LogP contribution in [0.15, 0.2) is 36.5 Å². The van der Waals surface area contributed by atoms with E-state index in [2.05, 4.69) is 9.72 Å². The van der Waals surface area contributed by atoms with Gasteiger partial charge in [0, 0.05) is 11.8 Å². The molecule has 1 heterocycles. The highest BCUT2D eigenvalue weighted by atomic mass is 35.5. The molecule has 2 rings (SSSR count). The number of aliphatic hydroxyl groups is 1. The van der Waals surface area contributed by atoms with E-state index in [1.807, 2.05) is 0 Å². The number of hydrogen-bond acceptors (Lipinski definition) is 4. The van der Waals surface area contributed by atoms with Gasteiger partial charge in [0.05, 0.1) is 5.02 Å². The molecule has 0 aliphatic heterocycles. The summed E-state index contributed by atoms with van der Waals surface area (Å²) in [5.41, 5.74) is 6.48. The third-order valence-corrected chi connectivity index (χ3v) is 2.84. The van der Waals surface area contributed by atoms with E-state index in [4.69, 9.17) is 17.3 Å². The molecule has 0 saturated heterocycles. The number of nitrogens with two attached hydrogens (primary N) is 1. The van der Waals surface area contributed by atoms with Crippen molar-refractivity contribution in [2.24, 2.45) is 0 Å². The lowest BCUT2D eigenvalue weighted by Crippen LogP contribution is -2.06. The molecule has 0 saturated carbocycles. The minimum atomic E-state index is -2.89. The molecule has 1 unspecified atom stereocenters. The van der Waals surface area contributed by atoms with Gasteiger partial charge in [0.2, 0.25) is 0 Å². The summed E-state index contributed by atoms with van der Waals surface area (Å²) in [6, 6.07) is 7.08. The summed E-state index contributed by atoms with van der Waals surface area (Å²) in [5, 5.41) is 10.5. The van der Waals surface area contributed by atoms with Crippen LogP contribution in [0.4, 0.5) is 14.6 Å². The van der Waals surface area contributed by atoms with Crippen LogP contribution >= 0.6 is 11.6 Å². The Kier molecular flexibility index (Phi) is 4.36. The van der Waals surface area contributed by atoms with Crippen molar-refractivity contribution in [3.63, 3.8) is 0 Å². The molecule has 0 aliphatic carbocycles. The van der Waals surface area contributed by atoms with Gasteiger partial charge < -0.3 is 15.6 Å². The van der Waals surface area contributed by atoms with Gasteiger partial charge in [-0.3, -0.25) is 0 Å². The lowest BCUT2D eigenvalue weighted by atomic mass is 10.0. The summed E-state index contributed by atoms with van der Waals surface area (Å²) in [7, 11) is 0. The van der Waals surface area contributed by atoms with Crippen LogP contribution in [0.5, 0.6) is 5.75 Å². The van der Waals surface area contributed by atoms with Gasteiger partial charge in [-0.25, -0.2) is 4.98 Å². The maximum atomic E-state index is 12.0. The molecule has 0 aliphatic rings. The predicted octanol–water partition coefficient (Wildman–Crippen LogP) is 3.00. The van der Waals surface area contributed by atoms with Gasteiger partial charge in [-0.2, -0.15) is 8.78 Å². The molecule has 7 heteroatoms. The van der Waals surface area contributed by atoms with Crippen LogP contribution < -0.4 is 10.5 Å². The number of aliphatic hydroxyl groups excluding tert-OH is 1. The fourth-order valence-electron chi connectivity index (χ4n) is 1.70. The van der Waals surface area contributed by atoms with Crippen molar-refractivity contribution in [2.75, 3.05) is 5.73 Å². The number of halogens is 3. The van der Waals surface area contributed by atoms with Gasteiger partial charge in [-0.1, -0.05) is 23.7 Å². The Labute approximate surface area is 118 Å². The van der Waals surface area contributed by atoms with Crippen LogP contribution in [0.3, 0.4) is 0 Å². The van der Waals surface area contributed by atoms with Crippen LogP contribution in [0.25, 0.3) is 0 Å². The molecule has 20 heavy (non-hydrogen) atoms. The first-order valence-corrected chi connectivity index (χ1v) is 5.99. The highest BCUT2D eigenvalue weighted by Gasteiger charge is 2.15. The third kappa shape index (κ3) is 3.34. The number of alkyl halides is 2. The van der Waals surface area contributed by atoms with E-state index in [9.17, 15) is 13.9 Å². The maximum absolute atomic E-state index is 12.0. The summed E-state index contributed by atoms with van der Waals surface area (Å²) in [5.74, 6) is 0.156. The number of hydrogen-bond donors (Lipinski definition) is 2. The van der Waals surface area contributed by atoms with Gasteiger partial charge in [0.1, 0.15) is 17.7 Å². The van der Waals surface area contributed by atoms with Crippen molar-refractivity contribution in [1.82, 2.24) is 4.98 Å². The predicted molar refractivity (Wildman–Crippen MR) is 70.8 cm³/mol. The second-order valence-electron chi connectivity index (χ2n) is 3.98. The molecule has 0 bridgehead atoms. The molecule has 1 aromatic heterocycles. The topological polar surface area (TPSA) is 68.4 Å². The highest BCUT2D eigenvalue weighted by Crippen LogP contribution is 2.28. The lowest BCUT2D eigenvalue weighted by molar-refractivity contribution is -0.0498. The molecule has 3 N–H and O–H groups in total. The smallest absolute Gasteiger partial charge is 0.387 e. The first kappa shape index (κ1) is 14.5. The fraction of sp³-hybridized carbons (Fsp3) is 0.154. The van der Waals surface area contributed by atoms with Crippen molar-refractivity contribution in [1.29, 1.82) is 0 Å². The fourth-order valence-corrected chi connectivity index (χ4v) is 1.86. The molecular weight excluding hydrogens is 290 g/mol. The van der Waals surface area contributed by atoms with Crippen molar-refractivity contribution in [3.05, 3.63) is 52.7 Å². The van der Waals surface area contributed by atoms with E-state index < -0.39 is 12.7 Å². The van der Waals surface area contributed by atoms with E-state index in [1.54, 1.807) is 0 Å². The van der Waals surface area contributed by atoms with Crippen LogP contribution in [0.2, 0.25) is 5.02 Å². The van der Waals surface area contributed by atoms with Gasteiger partial charge in [0.25, 0.3) is 0 Å². The van der Waals surface area contributed by atoms with Gasteiger partial charge in [-0.15, -0.1) is 0 Å². The number of rotatable bonds is 4. The summed E-state index contributed by atoms with van der Waals surface area (Å²) in [6.07, 6.45) is 0.314. The molecule has 1 aromatic carbocycles. The number of nitrogen functional groups attached to an aromatic ring is 1. The van der Waals surface area contributed by atoms with E-state index in [0.717, 1.165) is 0 Å². The minimum absolute atomic E-state index is 0.00754. The minimum Gasteiger partial charge on any atom is -0.435 e. The molecular formula is C13H11ClF2N2O2. The van der Waals surface area contributed by atoms with Crippen LogP contribution in [-0.2, 0) is 0 Å². The summed E-state index contributed by atoms with van der Waals surface area (Å²) < 4.78 is 28.3. The zero-order chi connectivity index (χ0) is 14.7. The zero-order valence-corrected chi connectivity index (χ0v) is 10.9. The van der Waals surface area contributed by atoms with Gasteiger partial charge >= 0.3 is 6.61 Å². The normalized spacial score (nSPS) is 12.4. The van der Waals surface area contributed by atoms with Crippen LogP contribution in [-0.4, -0.2) is 16.7 Å². The lowest BCUT2D eigenvalue weighted by Gasteiger charge is -2.14. The first-order valence-electron chi connectivity index (χ1n) is 5.61. The maximum Gasteiger partial charge on any atom is 0.387 e.